The van der Waals surface area contributed by atoms with E-state index >= 15 is 0 Å². The van der Waals surface area contributed by atoms with Crippen LogP contribution in [0.25, 0.3) is 0 Å². The van der Waals surface area contributed by atoms with E-state index < -0.39 is 13.9 Å². The molecule has 0 unspecified atom stereocenters. The quantitative estimate of drug-likeness (QED) is 0.716. The van der Waals surface area contributed by atoms with Crippen LogP contribution in [0.1, 0.15) is 41.0 Å². The largest absolute Gasteiger partial charge is 0.399 e. The van der Waals surface area contributed by atoms with Gasteiger partial charge in [-0.3, -0.25) is 0 Å². The second kappa shape index (κ2) is 3.86. The fraction of sp³-hybridized carbons (Fsp3) is 0.938. The fourth-order valence-corrected chi connectivity index (χ4v) is 6.45. The topological polar surface area (TPSA) is 33.0 Å². The Balaban J connectivity index is 2.49. The molecule has 2 rings (SSSR count). The molecule has 0 spiro atoms. The molecule has 19 heavy (non-hydrogen) atoms. The predicted octanol–water partition coefficient (Wildman–Crippen LogP) is 4.44. The van der Waals surface area contributed by atoms with Gasteiger partial charge in [0.05, 0.1) is 6.07 Å². The molecule has 0 N–H and O–H groups in total. The van der Waals surface area contributed by atoms with Crippen molar-refractivity contribution in [2.24, 2.45) is 28.6 Å². The van der Waals surface area contributed by atoms with Gasteiger partial charge in [-0.05, 0) is 43.3 Å². The van der Waals surface area contributed by atoms with Crippen molar-refractivity contribution in [3.8, 4) is 6.07 Å². The molecule has 0 heterocycles. The maximum Gasteiger partial charge on any atom is 0.185 e. The maximum atomic E-state index is 9.97. The number of rotatable bonds is 3. The smallest absolute Gasteiger partial charge is 0.185 e. The summed E-state index contributed by atoms with van der Waals surface area (Å²) in [4.78, 5) is 0. The van der Waals surface area contributed by atoms with Crippen molar-refractivity contribution >= 4 is 8.32 Å². The number of hydrogen-bond donors (Lipinski definition) is 0. The zero-order chi connectivity index (χ0) is 14.9. The van der Waals surface area contributed by atoms with Crippen molar-refractivity contribution in [1.29, 1.82) is 5.26 Å². The van der Waals surface area contributed by atoms with Crippen LogP contribution in [0.5, 0.6) is 0 Å². The SMILES string of the molecule is CC(C)[C@@]12C[C@@H]1C(C)(C)[C@@](C#N)(O[Si](C)(C)C)[C@@H]2C. The van der Waals surface area contributed by atoms with Gasteiger partial charge in [-0.1, -0.05) is 34.6 Å². The molecule has 0 bridgehead atoms. The monoisotopic (exact) mass is 279 g/mol. The van der Waals surface area contributed by atoms with Gasteiger partial charge < -0.3 is 4.43 Å². The van der Waals surface area contributed by atoms with E-state index in [-0.39, 0.29) is 5.41 Å². The van der Waals surface area contributed by atoms with Crippen LogP contribution in [0, 0.1) is 39.9 Å². The lowest BCUT2D eigenvalue weighted by Crippen LogP contribution is -2.54. The zero-order valence-electron chi connectivity index (χ0n) is 13.8. The van der Waals surface area contributed by atoms with Crippen LogP contribution in [0.2, 0.25) is 19.6 Å². The molecule has 0 amide bonds. The van der Waals surface area contributed by atoms with Crippen LogP contribution in [0.15, 0.2) is 0 Å². The van der Waals surface area contributed by atoms with E-state index in [1.807, 2.05) is 0 Å². The summed E-state index contributed by atoms with van der Waals surface area (Å²) in [5.74, 6) is 1.61. The second-order valence-corrected chi connectivity index (χ2v) is 13.0. The summed E-state index contributed by atoms with van der Waals surface area (Å²) in [7, 11) is -1.75. The highest BCUT2D eigenvalue weighted by molar-refractivity contribution is 6.69. The number of nitrogens with zero attached hydrogens (tertiary/aromatic N) is 1. The van der Waals surface area contributed by atoms with Crippen LogP contribution in [0.3, 0.4) is 0 Å². The molecule has 2 aliphatic carbocycles. The zero-order valence-corrected chi connectivity index (χ0v) is 14.8. The summed E-state index contributed by atoms with van der Waals surface area (Å²) in [6, 6.07) is 2.63. The minimum absolute atomic E-state index is 0.0360. The lowest BCUT2D eigenvalue weighted by atomic mass is 9.69. The molecule has 0 aromatic rings. The Morgan fingerprint density at radius 2 is 1.79 bits per heavy atom. The highest BCUT2D eigenvalue weighted by atomic mass is 28.4. The lowest BCUT2D eigenvalue weighted by Gasteiger charge is -2.46. The minimum atomic E-state index is -1.75. The van der Waals surface area contributed by atoms with Crippen molar-refractivity contribution < 1.29 is 4.43 Å². The summed E-state index contributed by atoms with van der Waals surface area (Å²) >= 11 is 0. The first-order valence-corrected chi connectivity index (χ1v) is 11.0. The highest BCUT2D eigenvalue weighted by Gasteiger charge is 2.80. The third-order valence-electron chi connectivity index (χ3n) is 6.00. The van der Waals surface area contributed by atoms with Crippen molar-refractivity contribution in [2.45, 2.75) is 66.3 Å². The fourth-order valence-electron chi connectivity index (χ4n) is 5.00. The van der Waals surface area contributed by atoms with Gasteiger partial charge in [0.2, 0.25) is 0 Å². The molecular formula is C16H29NOSi. The molecule has 0 saturated heterocycles. The van der Waals surface area contributed by atoms with Gasteiger partial charge in [-0.25, -0.2) is 0 Å². The molecule has 0 aromatic carbocycles. The van der Waals surface area contributed by atoms with Crippen LogP contribution in [-0.2, 0) is 4.43 Å². The standard InChI is InChI=1S/C16H29NOSi/c1-11(2)15-9-13(15)14(4,5)16(10-17,12(15)3)18-19(6,7)8/h11-13H,9H2,1-8H3/t12-,13-,15-,16+/m1/s1. The predicted molar refractivity (Wildman–Crippen MR) is 81.1 cm³/mol. The van der Waals surface area contributed by atoms with Crippen LogP contribution >= 0.6 is 0 Å². The molecule has 2 saturated carbocycles. The Morgan fingerprint density at radius 3 is 2.11 bits per heavy atom. The molecule has 2 nitrogen and oxygen atoms in total. The van der Waals surface area contributed by atoms with Gasteiger partial charge in [0, 0.05) is 11.3 Å². The number of hydrogen-bond acceptors (Lipinski definition) is 2. The summed E-state index contributed by atoms with van der Waals surface area (Å²) in [5.41, 5.74) is -0.296. The van der Waals surface area contributed by atoms with E-state index in [0.717, 1.165) is 0 Å². The molecule has 4 atom stereocenters. The number of fused-ring (bicyclic) bond motifs is 1. The molecule has 0 radical (unpaired) electrons. The molecular weight excluding hydrogens is 250 g/mol. The summed E-state index contributed by atoms with van der Waals surface area (Å²) in [5, 5.41) is 9.97. The van der Waals surface area contributed by atoms with E-state index in [0.29, 0.717) is 23.2 Å². The van der Waals surface area contributed by atoms with Gasteiger partial charge in [-0.15, -0.1) is 0 Å². The van der Waals surface area contributed by atoms with E-state index in [1.54, 1.807) is 0 Å². The van der Waals surface area contributed by atoms with E-state index in [9.17, 15) is 5.26 Å². The summed E-state index contributed by atoms with van der Waals surface area (Å²) in [6.07, 6.45) is 1.28. The lowest BCUT2D eigenvalue weighted by molar-refractivity contribution is -0.0331. The highest BCUT2D eigenvalue weighted by Crippen LogP contribution is 2.80. The Hall–Kier alpha value is -0.333. The Labute approximate surface area is 119 Å². The van der Waals surface area contributed by atoms with Gasteiger partial charge >= 0.3 is 0 Å². The molecule has 2 fully saturated rings. The van der Waals surface area contributed by atoms with Crippen molar-refractivity contribution in [1.82, 2.24) is 0 Å². The third kappa shape index (κ3) is 1.69. The summed E-state index contributed by atoms with van der Waals surface area (Å²) in [6.45, 7) is 18.0. The van der Waals surface area contributed by atoms with Crippen LogP contribution in [-0.4, -0.2) is 13.9 Å². The molecule has 108 valence electrons. The average molecular weight is 279 g/mol. The first kappa shape index (κ1) is 15.1. The molecule has 0 aromatic heterocycles. The van der Waals surface area contributed by atoms with Crippen LogP contribution < -0.4 is 0 Å². The molecule has 2 aliphatic rings. The van der Waals surface area contributed by atoms with Crippen molar-refractivity contribution in [2.75, 3.05) is 0 Å². The second-order valence-electron chi connectivity index (χ2n) is 8.53. The maximum absolute atomic E-state index is 9.97. The van der Waals surface area contributed by atoms with Crippen LogP contribution in [0.4, 0.5) is 0 Å². The molecule has 3 heteroatoms. The van der Waals surface area contributed by atoms with Gasteiger partial charge in [0.25, 0.3) is 0 Å². The Kier molecular flexibility index (Phi) is 3.06. The van der Waals surface area contributed by atoms with Gasteiger partial charge in [0.15, 0.2) is 13.9 Å². The average Bonchev–Trinajstić information content (AvgIpc) is 2.96. The van der Waals surface area contributed by atoms with E-state index in [2.05, 4.69) is 60.3 Å². The van der Waals surface area contributed by atoms with Gasteiger partial charge in [0.1, 0.15) is 0 Å². The number of nitriles is 1. The minimum Gasteiger partial charge on any atom is -0.399 e. The first-order chi connectivity index (χ1) is 8.45. The Morgan fingerprint density at radius 1 is 1.26 bits per heavy atom. The third-order valence-corrected chi connectivity index (χ3v) is 6.93. The van der Waals surface area contributed by atoms with E-state index in [1.165, 1.54) is 6.42 Å². The van der Waals surface area contributed by atoms with E-state index in [4.69, 9.17) is 4.43 Å². The Bertz CT molecular complexity index is 431. The van der Waals surface area contributed by atoms with Crippen molar-refractivity contribution in [3.63, 3.8) is 0 Å². The summed E-state index contributed by atoms with van der Waals surface area (Å²) < 4.78 is 6.52. The molecule has 0 aliphatic heterocycles. The normalized spacial score (nSPS) is 44.0. The first-order valence-electron chi connectivity index (χ1n) is 7.57. The van der Waals surface area contributed by atoms with Crippen molar-refractivity contribution in [3.05, 3.63) is 0 Å². The van der Waals surface area contributed by atoms with Gasteiger partial charge in [-0.2, -0.15) is 5.26 Å².